The molecule has 2 unspecified atom stereocenters. The summed E-state index contributed by atoms with van der Waals surface area (Å²) in [6, 6.07) is 4.25. The van der Waals surface area contributed by atoms with Crippen molar-refractivity contribution in [3.05, 3.63) is 29.3 Å². The zero-order chi connectivity index (χ0) is 13.7. The van der Waals surface area contributed by atoms with Crippen molar-refractivity contribution in [2.75, 3.05) is 14.2 Å². The molecule has 0 aliphatic rings. The highest BCUT2D eigenvalue weighted by molar-refractivity contribution is 5.80. The number of hydrogen-bond acceptors (Lipinski definition) is 6. The first-order chi connectivity index (χ1) is 8.54. The average molecular weight is 254 g/mol. The van der Waals surface area contributed by atoms with Crippen molar-refractivity contribution in [3.63, 3.8) is 0 Å². The molecule has 0 saturated heterocycles. The monoisotopic (exact) mass is 254 g/mol. The Labute approximate surface area is 104 Å². The summed E-state index contributed by atoms with van der Waals surface area (Å²) in [6.07, 6.45) is -2.62. The molecule has 0 saturated carbocycles. The van der Waals surface area contributed by atoms with Crippen molar-refractivity contribution >= 4 is 12.3 Å². The number of aliphatic hydroxyl groups is 2. The number of rotatable bonds is 5. The van der Waals surface area contributed by atoms with Gasteiger partial charge in [-0.05, 0) is 17.7 Å². The number of benzene rings is 1. The molecule has 0 aliphatic carbocycles. The van der Waals surface area contributed by atoms with E-state index in [9.17, 15) is 19.8 Å². The first-order valence-corrected chi connectivity index (χ1v) is 5.12. The fourth-order valence-electron chi connectivity index (χ4n) is 1.46. The lowest BCUT2D eigenvalue weighted by atomic mass is 10.0. The van der Waals surface area contributed by atoms with Gasteiger partial charge >= 0.3 is 5.97 Å². The zero-order valence-electron chi connectivity index (χ0n) is 9.99. The van der Waals surface area contributed by atoms with Crippen LogP contribution in [0.3, 0.4) is 0 Å². The van der Waals surface area contributed by atoms with E-state index in [1.807, 2.05) is 0 Å². The number of hydrogen-bond donors (Lipinski definition) is 2. The van der Waals surface area contributed by atoms with E-state index in [0.29, 0.717) is 12.0 Å². The fraction of sp³-hybridized carbons (Fsp3) is 0.333. The molecule has 0 heterocycles. The summed E-state index contributed by atoms with van der Waals surface area (Å²) in [5.41, 5.74) is 0.432. The normalized spacial score (nSPS) is 13.6. The first kappa shape index (κ1) is 14.1. The van der Waals surface area contributed by atoms with Crippen LogP contribution in [0.4, 0.5) is 0 Å². The molecular formula is C12H14O6. The average Bonchev–Trinajstić information content (AvgIpc) is 2.43. The minimum absolute atomic E-state index is 0.214. The first-order valence-electron chi connectivity index (χ1n) is 5.12. The molecule has 0 radical (unpaired) electrons. The van der Waals surface area contributed by atoms with Crippen LogP contribution in [0.1, 0.15) is 22.0 Å². The fourth-order valence-corrected chi connectivity index (χ4v) is 1.46. The number of aldehydes is 1. The summed E-state index contributed by atoms with van der Waals surface area (Å²) in [6.45, 7) is 0. The van der Waals surface area contributed by atoms with E-state index in [0.717, 1.165) is 7.11 Å². The summed E-state index contributed by atoms with van der Waals surface area (Å²) in [4.78, 5) is 21.9. The van der Waals surface area contributed by atoms with Crippen molar-refractivity contribution < 1.29 is 29.3 Å². The Morgan fingerprint density at radius 2 is 2.00 bits per heavy atom. The summed E-state index contributed by atoms with van der Waals surface area (Å²) >= 11 is 0. The van der Waals surface area contributed by atoms with E-state index < -0.39 is 18.2 Å². The lowest BCUT2D eigenvalue weighted by molar-refractivity contribution is -0.156. The molecule has 1 rings (SSSR count). The number of methoxy groups -OCH3 is 2. The van der Waals surface area contributed by atoms with Gasteiger partial charge in [0.05, 0.1) is 19.8 Å². The molecule has 1 aromatic carbocycles. The van der Waals surface area contributed by atoms with Crippen LogP contribution in [0.2, 0.25) is 0 Å². The van der Waals surface area contributed by atoms with Gasteiger partial charge in [0.25, 0.3) is 0 Å². The van der Waals surface area contributed by atoms with Crippen LogP contribution >= 0.6 is 0 Å². The van der Waals surface area contributed by atoms with E-state index in [4.69, 9.17) is 4.74 Å². The van der Waals surface area contributed by atoms with Gasteiger partial charge in [0.1, 0.15) is 11.9 Å². The maximum absolute atomic E-state index is 11.1. The number of carbonyl (C=O) groups excluding carboxylic acids is 2. The van der Waals surface area contributed by atoms with Crippen molar-refractivity contribution in [3.8, 4) is 5.75 Å². The van der Waals surface area contributed by atoms with Gasteiger partial charge in [0.2, 0.25) is 0 Å². The van der Waals surface area contributed by atoms with E-state index in [2.05, 4.69) is 4.74 Å². The minimum Gasteiger partial charge on any atom is -0.496 e. The number of ether oxygens (including phenoxy) is 2. The maximum atomic E-state index is 11.1. The van der Waals surface area contributed by atoms with Crippen LogP contribution in [0.15, 0.2) is 18.2 Å². The number of carbonyl (C=O) groups is 2. The molecule has 18 heavy (non-hydrogen) atoms. The summed E-state index contributed by atoms with van der Waals surface area (Å²) in [7, 11) is 2.50. The molecule has 1 aromatic rings. The Bertz CT molecular complexity index is 442. The predicted molar refractivity (Wildman–Crippen MR) is 61.4 cm³/mol. The standard InChI is InChI=1S/C12H14O6/c1-17-9-4-3-7(5-8(9)6-13)10(14)11(15)12(16)18-2/h3-6,10-11,14-15H,1-2H3. The molecular weight excluding hydrogens is 240 g/mol. The van der Waals surface area contributed by atoms with Crippen molar-refractivity contribution in [1.29, 1.82) is 0 Å². The molecule has 0 fully saturated rings. The molecule has 6 heteroatoms. The van der Waals surface area contributed by atoms with Gasteiger partial charge in [0.15, 0.2) is 12.4 Å². The molecule has 98 valence electrons. The number of aliphatic hydroxyl groups excluding tert-OH is 2. The van der Waals surface area contributed by atoms with Gasteiger partial charge in [-0.25, -0.2) is 4.79 Å². The van der Waals surface area contributed by atoms with Gasteiger partial charge in [-0.15, -0.1) is 0 Å². The van der Waals surface area contributed by atoms with Crippen LogP contribution in [0.5, 0.6) is 5.75 Å². The van der Waals surface area contributed by atoms with Gasteiger partial charge in [-0.3, -0.25) is 4.79 Å². The second-order valence-corrected chi connectivity index (χ2v) is 3.53. The SMILES string of the molecule is COC(=O)C(O)C(O)c1ccc(OC)c(C=O)c1. The molecule has 0 spiro atoms. The van der Waals surface area contributed by atoms with Gasteiger partial charge in [0, 0.05) is 0 Å². The van der Waals surface area contributed by atoms with Crippen LogP contribution in [0, 0.1) is 0 Å². The molecule has 0 amide bonds. The Balaban J connectivity index is 3.03. The molecule has 6 nitrogen and oxygen atoms in total. The van der Waals surface area contributed by atoms with Crippen LogP contribution < -0.4 is 4.74 Å². The second-order valence-electron chi connectivity index (χ2n) is 3.53. The maximum Gasteiger partial charge on any atom is 0.337 e. The molecule has 2 N–H and O–H groups in total. The summed E-state index contributed by atoms with van der Waals surface area (Å²) in [5.74, 6) is -0.612. The highest BCUT2D eigenvalue weighted by Crippen LogP contribution is 2.24. The Kier molecular flexibility index (Phi) is 4.82. The van der Waals surface area contributed by atoms with Crippen LogP contribution in [-0.2, 0) is 9.53 Å². The van der Waals surface area contributed by atoms with Crippen LogP contribution in [0.25, 0.3) is 0 Å². The van der Waals surface area contributed by atoms with Gasteiger partial charge < -0.3 is 19.7 Å². The van der Waals surface area contributed by atoms with Crippen molar-refractivity contribution in [2.24, 2.45) is 0 Å². The smallest absolute Gasteiger partial charge is 0.337 e. The van der Waals surface area contributed by atoms with E-state index in [1.54, 1.807) is 0 Å². The second kappa shape index (κ2) is 6.13. The van der Waals surface area contributed by atoms with Gasteiger partial charge in [-0.2, -0.15) is 0 Å². The predicted octanol–water partition coefficient (Wildman–Crippen LogP) is 0.0750. The van der Waals surface area contributed by atoms with Crippen LogP contribution in [-0.4, -0.2) is 42.8 Å². The summed E-state index contributed by atoms with van der Waals surface area (Å²) < 4.78 is 9.25. The third kappa shape index (κ3) is 2.85. The lowest BCUT2D eigenvalue weighted by Gasteiger charge is -2.16. The molecule has 0 aromatic heterocycles. The zero-order valence-corrected chi connectivity index (χ0v) is 9.99. The van der Waals surface area contributed by atoms with Crippen molar-refractivity contribution in [1.82, 2.24) is 0 Å². The van der Waals surface area contributed by atoms with E-state index in [-0.39, 0.29) is 11.1 Å². The molecule has 0 bridgehead atoms. The topological polar surface area (TPSA) is 93.1 Å². The van der Waals surface area contributed by atoms with Gasteiger partial charge in [-0.1, -0.05) is 6.07 Å². The highest BCUT2D eigenvalue weighted by atomic mass is 16.5. The Morgan fingerprint density at radius 1 is 1.33 bits per heavy atom. The number of esters is 1. The highest BCUT2D eigenvalue weighted by Gasteiger charge is 2.26. The lowest BCUT2D eigenvalue weighted by Crippen LogP contribution is -2.29. The third-order valence-electron chi connectivity index (χ3n) is 2.46. The van der Waals surface area contributed by atoms with E-state index in [1.165, 1.54) is 25.3 Å². The van der Waals surface area contributed by atoms with Crippen molar-refractivity contribution in [2.45, 2.75) is 12.2 Å². The summed E-state index contributed by atoms with van der Waals surface area (Å²) in [5, 5.41) is 19.3. The minimum atomic E-state index is -1.71. The Morgan fingerprint density at radius 3 is 2.50 bits per heavy atom. The third-order valence-corrected chi connectivity index (χ3v) is 2.46. The quantitative estimate of drug-likeness (QED) is 0.570. The molecule has 0 aliphatic heterocycles. The van der Waals surface area contributed by atoms with E-state index >= 15 is 0 Å². The Hall–Kier alpha value is -1.92. The largest absolute Gasteiger partial charge is 0.496 e. The molecule has 2 atom stereocenters.